The van der Waals surface area contributed by atoms with Crippen molar-refractivity contribution in [1.82, 2.24) is 5.32 Å². The molecule has 0 aromatic rings. The summed E-state index contributed by atoms with van der Waals surface area (Å²) in [5, 5.41) is 54.6. The average Bonchev–Trinajstić information content (AvgIpc) is 3.70. The van der Waals surface area contributed by atoms with Crippen molar-refractivity contribution in [3.8, 4) is 0 Å². The third-order valence-electron chi connectivity index (χ3n) is 17.6. The first-order valence-corrected chi connectivity index (χ1v) is 36.6. The maximum Gasteiger partial charge on any atom is 0.220 e. The van der Waals surface area contributed by atoms with Crippen molar-refractivity contribution in [1.29, 1.82) is 0 Å². The summed E-state index contributed by atoms with van der Waals surface area (Å²) in [6.45, 7) is 3.77. The Morgan fingerprint density at radius 3 is 1.12 bits per heavy atom. The molecule has 0 bridgehead atoms. The van der Waals surface area contributed by atoms with Crippen LogP contribution in [0.1, 0.15) is 367 Å². The highest BCUT2D eigenvalue weighted by Crippen LogP contribution is 2.24. The van der Waals surface area contributed by atoms with Crippen LogP contribution in [0.15, 0.2) is 36.5 Å². The number of nitrogens with one attached hydrogen (secondary N) is 1. The number of hydrogen-bond donors (Lipinski definition) is 6. The maximum absolute atomic E-state index is 13.1. The fourth-order valence-electron chi connectivity index (χ4n) is 11.8. The van der Waals surface area contributed by atoms with E-state index in [1.807, 2.05) is 6.08 Å². The Kier molecular flexibility index (Phi) is 59.8. The van der Waals surface area contributed by atoms with Gasteiger partial charge in [0.05, 0.1) is 25.4 Å². The van der Waals surface area contributed by atoms with Crippen LogP contribution in [0.3, 0.4) is 0 Å². The Morgan fingerprint density at radius 2 is 0.738 bits per heavy atom. The fourth-order valence-corrected chi connectivity index (χ4v) is 11.8. The lowest BCUT2D eigenvalue weighted by molar-refractivity contribution is -0.302. The number of carbonyl (C=O) groups is 2. The van der Waals surface area contributed by atoms with Gasteiger partial charge in [0.15, 0.2) is 6.29 Å². The molecule has 1 aliphatic heterocycles. The number of rotatable bonds is 65. The van der Waals surface area contributed by atoms with Gasteiger partial charge in [-0.15, -0.1) is 0 Å². The van der Waals surface area contributed by atoms with Crippen LogP contribution >= 0.6 is 0 Å². The lowest BCUT2D eigenvalue weighted by atomic mass is 9.99. The van der Waals surface area contributed by atoms with Crippen LogP contribution in [0.2, 0.25) is 0 Å². The fraction of sp³-hybridized carbons (Fsp3) is 0.892. The molecule has 10 nitrogen and oxygen atoms in total. The Bertz CT molecular complexity index is 1490. The van der Waals surface area contributed by atoms with Crippen LogP contribution in [0.4, 0.5) is 0 Å². The number of aliphatic hydroxyl groups is 5. The minimum Gasteiger partial charge on any atom is -0.394 e. The maximum atomic E-state index is 13.1. The van der Waals surface area contributed by atoms with E-state index in [0.29, 0.717) is 12.2 Å². The third-order valence-corrected chi connectivity index (χ3v) is 17.6. The van der Waals surface area contributed by atoms with Gasteiger partial charge in [-0.3, -0.25) is 9.59 Å². The summed E-state index contributed by atoms with van der Waals surface area (Å²) >= 11 is 0. The van der Waals surface area contributed by atoms with Crippen molar-refractivity contribution in [2.75, 3.05) is 13.2 Å². The summed E-state index contributed by atoms with van der Waals surface area (Å²) < 4.78 is 11.3. The van der Waals surface area contributed by atoms with E-state index >= 15 is 0 Å². The molecular weight excluding hydrogens is 1050 g/mol. The number of ether oxygens (including phenoxy) is 2. The molecule has 10 heteroatoms. The normalized spacial score (nSPS) is 18.2. The monoisotopic (exact) mass is 1190 g/mol. The lowest BCUT2D eigenvalue weighted by Gasteiger charge is -2.40. The summed E-state index contributed by atoms with van der Waals surface area (Å²) in [6.07, 6.45) is 73.1. The second-order valence-electron chi connectivity index (χ2n) is 25.7. The quantitative estimate of drug-likeness (QED) is 0.0257. The molecule has 0 aromatic carbocycles. The van der Waals surface area contributed by atoms with E-state index in [1.165, 1.54) is 276 Å². The van der Waals surface area contributed by atoms with Crippen molar-refractivity contribution < 1.29 is 44.6 Å². The predicted octanol–water partition coefficient (Wildman–Crippen LogP) is 19.4. The second kappa shape index (κ2) is 62.7. The molecule has 1 rings (SSSR count). The van der Waals surface area contributed by atoms with Gasteiger partial charge in [-0.1, -0.05) is 320 Å². The van der Waals surface area contributed by atoms with Gasteiger partial charge in [0, 0.05) is 19.3 Å². The predicted molar refractivity (Wildman–Crippen MR) is 355 cm³/mol. The summed E-state index contributed by atoms with van der Waals surface area (Å²) in [5.41, 5.74) is 0. The number of unbranched alkanes of at least 4 members (excludes halogenated alkanes) is 47. The van der Waals surface area contributed by atoms with Gasteiger partial charge in [-0.25, -0.2) is 0 Å². The zero-order chi connectivity index (χ0) is 60.9. The van der Waals surface area contributed by atoms with Gasteiger partial charge in [0.25, 0.3) is 0 Å². The van der Waals surface area contributed by atoms with E-state index in [4.69, 9.17) is 9.47 Å². The van der Waals surface area contributed by atoms with E-state index < -0.39 is 49.5 Å². The summed E-state index contributed by atoms with van der Waals surface area (Å²) in [5.74, 6) is 0.319. The standard InChI is InChI=1S/C74H139NO9/c1-3-5-7-9-11-13-15-17-32-36-40-44-48-52-56-60-66(77)61-57-53-49-45-41-37-34-30-28-26-24-22-20-19-21-23-25-27-29-31-35-39-43-47-51-55-59-63-70(79)75-67(65-83-74-73(82)72(81)71(80)69(64-76)84-74)68(78)62-58-54-50-46-42-38-33-18-16-14-12-10-8-6-4-2/h11,13,17,32,58,62,67-69,71-74,76,78,80-82H,3-10,12,14-16,18-31,33-57,59-61,63-65H2,1-2H3,(H,75,79)/b13-11-,32-17-,62-58+/t67-,68+,69+,71+,72-,73+,74+/m0/s1. The van der Waals surface area contributed by atoms with Gasteiger partial charge < -0.3 is 40.3 Å². The van der Waals surface area contributed by atoms with Crippen LogP contribution in [0.25, 0.3) is 0 Å². The highest BCUT2D eigenvalue weighted by atomic mass is 16.7. The SMILES string of the molecule is CCCCC/C=C\C/C=C\CCCCCCCC(=O)CCCCCCCCCCCCCCCCCCCCCCCCCCCCCC(=O)N[C@@H](CO[C@@H]1O[C@H](CO)[C@@H](O)[C@H](O)[C@H]1O)[C@H](O)/C=C/CCCCCCCCCCCCCCC. The third kappa shape index (κ3) is 51.0. The van der Waals surface area contributed by atoms with Crippen molar-refractivity contribution in [3.63, 3.8) is 0 Å². The van der Waals surface area contributed by atoms with Crippen LogP contribution in [-0.2, 0) is 19.1 Å². The number of Topliss-reactive ketones (excluding diaryl/α,β-unsaturated/α-hetero) is 1. The average molecular weight is 1190 g/mol. The molecule has 0 aliphatic carbocycles. The molecule has 1 heterocycles. The Labute approximate surface area is 518 Å². The first kappa shape index (κ1) is 80.1. The number of ketones is 1. The molecule has 494 valence electrons. The molecule has 1 amide bonds. The molecule has 6 N–H and O–H groups in total. The molecule has 0 saturated carbocycles. The number of amides is 1. The molecule has 7 atom stereocenters. The second-order valence-corrected chi connectivity index (χ2v) is 25.7. The molecule has 1 fully saturated rings. The molecule has 0 radical (unpaired) electrons. The van der Waals surface area contributed by atoms with Crippen molar-refractivity contribution >= 4 is 11.7 Å². The van der Waals surface area contributed by atoms with Crippen molar-refractivity contribution in [3.05, 3.63) is 36.5 Å². The zero-order valence-electron chi connectivity index (χ0n) is 55.2. The number of allylic oxidation sites excluding steroid dienone is 5. The highest BCUT2D eigenvalue weighted by Gasteiger charge is 2.44. The summed E-state index contributed by atoms with van der Waals surface area (Å²) in [7, 11) is 0. The molecular formula is C74H139NO9. The van der Waals surface area contributed by atoms with Crippen LogP contribution in [0.5, 0.6) is 0 Å². The number of carbonyl (C=O) groups excluding carboxylic acids is 2. The number of hydrogen-bond acceptors (Lipinski definition) is 9. The first-order valence-electron chi connectivity index (χ1n) is 36.6. The van der Waals surface area contributed by atoms with Crippen LogP contribution in [0, 0.1) is 0 Å². The highest BCUT2D eigenvalue weighted by molar-refractivity contribution is 5.78. The zero-order valence-corrected chi connectivity index (χ0v) is 55.2. The van der Waals surface area contributed by atoms with Gasteiger partial charge in [-0.05, 0) is 64.2 Å². The molecule has 1 aliphatic rings. The van der Waals surface area contributed by atoms with Gasteiger partial charge >= 0.3 is 0 Å². The Balaban J connectivity index is 1.98. The summed E-state index contributed by atoms with van der Waals surface area (Å²) in [6, 6.07) is -0.807. The smallest absolute Gasteiger partial charge is 0.220 e. The topological polar surface area (TPSA) is 166 Å². The van der Waals surface area contributed by atoms with Crippen molar-refractivity contribution in [2.24, 2.45) is 0 Å². The molecule has 0 aromatic heterocycles. The van der Waals surface area contributed by atoms with Crippen LogP contribution in [-0.4, -0.2) is 93.3 Å². The largest absolute Gasteiger partial charge is 0.394 e. The van der Waals surface area contributed by atoms with E-state index in [9.17, 15) is 35.1 Å². The van der Waals surface area contributed by atoms with E-state index in [1.54, 1.807) is 6.08 Å². The van der Waals surface area contributed by atoms with E-state index in [0.717, 1.165) is 70.6 Å². The Hall–Kier alpha value is -1.92. The minimum absolute atomic E-state index is 0.175. The molecule has 0 spiro atoms. The van der Waals surface area contributed by atoms with Crippen molar-refractivity contribution in [2.45, 2.75) is 410 Å². The first-order chi connectivity index (χ1) is 41.2. The number of aliphatic hydroxyl groups excluding tert-OH is 5. The summed E-state index contributed by atoms with van der Waals surface area (Å²) in [4.78, 5) is 25.4. The molecule has 1 saturated heterocycles. The molecule has 84 heavy (non-hydrogen) atoms. The molecule has 0 unspecified atom stereocenters. The van der Waals surface area contributed by atoms with Crippen LogP contribution < -0.4 is 5.32 Å². The lowest BCUT2D eigenvalue weighted by Crippen LogP contribution is -2.60. The van der Waals surface area contributed by atoms with Gasteiger partial charge in [-0.2, -0.15) is 0 Å². The minimum atomic E-state index is -1.57. The van der Waals surface area contributed by atoms with E-state index in [2.05, 4.69) is 43.5 Å². The van der Waals surface area contributed by atoms with Gasteiger partial charge in [0.2, 0.25) is 5.91 Å². The van der Waals surface area contributed by atoms with E-state index in [-0.39, 0.29) is 12.5 Å². The Morgan fingerprint density at radius 1 is 0.417 bits per heavy atom. The van der Waals surface area contributed by atoms with Gasteiger partial charge in [0.1, 0.15) is 30.2 Å².